The van der Waals surface area contributed by atoms with Gasteiger partial charge in [-0.25, -0.2) is 32.4 Å². The highest BCUT2D eigenvalue weighted by atomic mass is 32.2. The number of sulfonamides is 1. The minimum atomic E-state index is -3.64. The van der Waals surface area contributed by atoms with Crippen molar-refractivity contribution in [2.45, 2.75) is 4.90 Å². The van der Waals surface area contributed by atoms with Crippen LogP contribution in [0.25, 0.3) is 5.82 Å². The predicted molar refractivity (Wildman–Crippen MR) is 94.3 cm³/mol. The van der Waals surface area contributed by atoms with Gasteiger partial charge in [0.15, 0.2) is 5.82 Å². The number of hydrogen-bond donors (Lipinski definition) is 0. The van der Waals surface area contributed by atoms with Gasteiger partial charge in [0.2, 0.25) is 10.0 Å². The van der Waals surface area contributed by atoms with Gasteiger partial charge in [0.25, 0.3) is 0 Å². The number of halogens is 1. The molecule has 27 heavy (non-hydrogen) atoms. The lowest BCUT2D eigenvalue weighted by Crippen LogP contribution is -2.48. The van der Waals surface area contributed by atoms with E-state index in [-0.39, 0.29) is 4.90 Å². The fourth-order valence-corrected chi connectivity index (χ4v) is 4.30. The molecule has 0 unspecified atom stereocenters. The maximum absolute atomic E-state index is 13.1. The predicted octanol–water partition coefficient (Wildman–Crippen LogP) is 0.707. The fourth-order valence-electron chi connectivity index (χ4n) is 2.88. The number of rotatable bonds is 4. The number of aromatic nitrogens is 5. The van der Waals surface area contributed by atoms with Crippen LogP contribution in [0.15, 0.2) is 54.2 Å². The van der Waals surface area contributed by atoms with E-state index in [2.05, 4.69) is 20.1 Å². The molecule has 0 amide bonds. The molecule has 3 aromatic rings. The zero-order valence-corrected chi connectivity index (χ0v) is 15.0. The largest absolute Gasteiger partial charge is 0.354 e. The zero-order chi connectivity index (χ0) is 18.9. The molecule has 2 aromatic heterocycles. The first-order valence-corrected chi connectivity index (χ1v) is 9.66. The first kappa shape index (κ1) is 17.5. The molecule has 3 heterocycles. The summed E-state index contributed by atoms with van der Waals surface area (Å²) in [6.07, 6.45) is 4.40. The van der Waals surface area contributed by atoms with Crippen LogP contribution < -0.4 is 4.90 Å². The topological polar surface area (TPSA) is 97.1 Å². The van der Waals surface area contributed by atoms with E-state index in [0.29, 0.717) is 37.8 Å². The van der Waals surface area contributed by atoms with Crippen molar-refractivity contribution in [1.29, 1.82) is 0 Å². The average Bonchev–Trinajstić information content (AvgIpc) is 3.23. The molecule has 0 aliphatic carbocycles. The Labute approximate surface area is 155 Å². The minimum absolute atomic E-state index is 0.0906. The highest BCUT2D eigenvalue weighted by Gasteiger charge is 2.29. The quantitative estimate of drug-likeness (QED) is 0.648. The van der Waals surface area contributed by atoms with Crippen molar-refractivity contribution in [1.82, 2.24) is 29.0 Å². The lowest BCUT2D eigenvalue weighted by molar-refractivity contribution is 0.383. The Kier molecular flexibility index (Phi) is 4.54. The van der Waals surface area contributed by atoms with Crippen molar-refractivity contribution >= 4 is 15.8 Å². The van der Waals surface area contributed by atoms with Crippen LogP contribution in [-0.2, 0) is 10.0 Å². The summed E-state index contributed by atoms with van der Waals surface area (Å²) in [6, 6.07) is 6.64. The van der Waals surface area contributed by atoms with Gasteiger partial charge in [-0.3, -0.25) is 0 Å². The van der Waals surface area contributed by atoms with Gasteiger partial charge >= 0.3 is 0 Å². The summed E-state index contributed by atoms with van der Waals surface area (Å²) in [5.41, 5.74) is 0. The van der Waals surface area contributed by atoms with Gasteiger partial charge in [-0.1, -0.05) is 0 Å². The van der Waals surface area contributed by atoms with Crippen LogP contribution in [0.4, 0.5) is 10.2 Å². The molecule has 9 nitrogen and oxygen atoms in total. The van der Waals surface area contributed by atoms with Crippen LogP contribution in [0.1, 0.15) is 0 Å². The number of anilines is 1. The second kappa shape index (κ2) is 7.00. The van der Waals surface area contributed by atoms with E-state index < -0.39 is 15.8 Å². The van der Waals surface area contributed by atoms with E-state index in [9.17, 15) is 12.8 Å². The van der Waals surface area contributed by atoms with Crippen LogP contribution >= 0.6 is 0 Å². The molecular formula is C16H16FN7O2S. The van der Waals surface area contributed by atoms with Crippen LogP contribution in [-0.4, -0.2) is 63.6 Å². The van der Waals surface area contributed by atoms with Gasteiger partial charge in [-0.2, -0.15) is 9.40 Å². The van der Waals surface area contributed by atoms with Crippen molar-refractivity contribution in [3.8, 4) is 5.82 Å². The summed E-state index contributed by atoms with van der Waals surface area (Å²) >= 11 is 0. The number of piperazine rings is 1. The Morgan fingerprint density at radius 3 is 2.30 bits per heavy atom. The summed E-state index contributed by atoms with van der Waals surface area (Å²) in [4.78, 5) is 14.4. The molecule has 0 radical (unpaired) electrons. The van der Waals surface area contributed by atoms with E-state index >= 15 is 0 Å². The fraction of sp³-hybridized carbons (Fsp3) is 0.250. The van der Waals surface area contributed by atoms with E-state index in [4.69, 9.17) is 0 Å². The number of hydrogen-bond acceptors (Lipinski definition) is 7. The van der Waals surface area contributed by atoms with E-state index in [0.717, 1.165) is 12.1 Å². The maximum Gasteiger partial charge on any atom is 0.243 e. The van der Waals surface area contributed by atoms with Crippen LogP contribution in [0, 0.1) is 5.82 Å². The Bertz CT molecular complexity index is 1020. The minimum Gasteiger partial charge on any atom is -0.354 e. The first-order chi connectivity index (χ1) is 13.0. The summed E-state index contributed by atoms with van der Waals surface area (Å²) in [7, 11) is -3.64. The monoisotopic (exact) mass is 389 g/mol. The molecule has 1 fully saturated rings. The lowest BCUT2D eigenvalue weighted by Gasteiger charge is -2.34. The highest BCUT2D eigenvalue weighted by Crippen LogP contribution is 2.21. The molecule has 11 heteroatoms. The molecule has 0 spiro atoms. The van der Waals surface area contributed by atoms with Gasteiger partial charge in [0, 0.05) is 32.2 Å². The Morgan fingerprint density at radius 1 is 0.926 bits per heavy atom. The maximum atomic E-state index is 13.1. The average molecular weight is 389 g/mol. The molecule has 0 bridgehead atoms. The molecule has 1 aromatic carbocycles. The summed E-state index contributed by atoms with van der Waals surface area (Å²) < 4.78 is 41.4. The van der Waals surface area contributed by atoms with Crippen LogP contribution in [0.2, 0.25) is 0 Å². The highest BCUT2D eigenvalue weighted by molar-refractivity contribution is 7.89. The smallest absolute Gasteiger partial charge is 0.243 e. The van der Waals surface area contributed by atoms with Crippen molar-refractivity contribution in [3.05, 3.63) is 55.1 Å². The molecule has 4 rings (SSSR count). The van der Waals surface area contributed by atoms with Crippen molar-refractivity contribution in [2.24, 2.45) is 0 Å². The molecule has 0 saturated carbocycles. The van der Waals surface area contributed by atoms with Crippen molar-refractivity contribution < 1.29 is 12.8 Å². The zero-order valence-electron chi connectivity index (χ0n) is 14.2. The molecule has 0 atom stereocenters. The standard InChI is InChI=1S/C16H16FN7O2S/c17-13-1-3-14(4-2-13)27(25,26)23-7-5-22(6-8-23)15-9-16(20-11-19-15)24-12-18-10-21-24/h1-4,9-12H,5-8H2. The second-order valence-corrected chi connectivity index (χ2v) is 7.86. The third kappa shape index (κ3) is 3.51. The van der Waals surface area contributed by atoms with E-state index in [1.54, 1.807) is 12.4 Å². The summed E-state index contributed by atoms with van der Waals surface area (Å²) in [5.74, 6) is 0.805. The number of benzene rings is 1. The Hall–Kier alpha value is -2.92. The normalized spacial score (nSPS) is 15.8. The molecule has 1 aliphatic heterocycles. The third-order valence-corrected chi connectivity index (χ3v) is 6.22. The van der Waals surface area contributed by atoms with Gasteiger partial charge in [0.05, 0.1) is 4.90 Å². The van der Waals surface area contributed by atoms with Gasteiger partial charge in [0.1, 0.15) is 30.6 Å². The van der Waals surface area contributed by atoms with Crippen LogP contribution in [0.5, 0.6) is 0 Å². The summed E-state index contributed by atoms with van der Waals surface area (Å²) in [6.45, 7) is 1.58. The number of nitrogens with zero attached hydrogens (tertiary/aromatic N) is 7. The molecule has 1 aliphatic rings. The molecule has 140 valence electrons. The lowest BCUT2D eigenvalue weighted by atomic mass is 10.3. The third-order valence-electron chi connectivity index (χ3n) is 4.31. The Morgan fingerprint density at radius 2 is 1.63 bits per heavy atom. The molecule has 1 saturated heterocycles. The SMILES string of the molecule is O=S(=O)(c1ccc(F)cc1)N1CCN(c2cc(-n3cncn3)ncn2)CC1. The van der Waals surface area contributed by atoms with Crippen molar-refractivity contribution in [3.63, 3.8) is 0 Å². The van der Waals surface area contributed by atoms with Gasteiger partial charge < -0.3 is 4.90 Å². The van der Waals surface area contributed by atoms with Crippen molar-refractivity contribution in [2.75, 3.05) is 31.1 Å². The molecular weight excluding hydrogens is 373 g/mol. The van der Waals surface area contributed by atoms with E-state index in [1.807, 2.05) is 4.90 Å². The van der Waals surface area contributed by atoms with Gasteiger partial charge in [-0.05, 0) is 24.3 Å². The van der Waals surface area contributed by atoms with Crippen LogP contribution in [0.3, 0.4) is 0 Å². The molecule has 0 N–H and O–H groups in total. The van der Waals surface area contributed by atoms with Gasteiger partial charge in [-0.15, -0.1) is 0 Å². The Balaban J connectivity index is 1.48. The summed E-state index contributed by atoms with van der Waals surface area (Å²) in [5, 5.41) is 4.04. The first-order valence-electron chi connectivity index (χ1n) is 8.22. The van der Waals surface area contributed by atoms with E-state index in [1.165, 1.54) is 33.8 Å². The second-order valence-electron chi connectivity index (χ2n) is 5.92.